The molecule has 0 fully saturated rings. The number of carbonyl (C=O) groups is 1. The van der Waals surface area contributed by atoms with Crippen LogP contribution in [0.1, 0.15) is 34.8 Å². The molecule has 5 nitrogen and oxygen atoms in total. The summed E-state index contributed by atoms with van der Waals surface area (Å²) in [6.45, 7) is 5.28. The van der Waals surface area contributed by atoms with Gasteiger partial charge in [0.1, 0.15) is 5.75 Å². The van der Waals surface area contributed by atoms with Gasteiger partial charge in [-0.3, -0.25) is 0 Å². The Labute approximate surface area is 166 Å². The third-order valence-corrected chi connectivity index (χ3v) is 4.40. The van der Waals surface area contributed by atoms with Gasteiger partial charge in [0.25, 0.3) is 0 Å². The van der Waals surface area contributed by atoms with E-state index in [0.717, 1.165) is 36.4 Å². The van der Waals surface area contributed by atoms with E-state index in [2.05, 4.69) is 22.8 Å². The van der Waals surface area contributed by atoms with Crippen LogP contribution < -0.4 is 15.4 Å². The molecule has 0 amide bonds. The number of ether oxygens (including phenoxy) is 2. The Hall–Kier alpha value is -2.60. The van der Waals surface area contributed by atoms with Gasteiger partial charge in [-0.15, -0.1) is 0 Å². The smallest absolute Gasteiger partial charge is 0.338 e. The van der Waals surface area contributed by atoms with Crippen LogP contribution in [0.25, 0.3) is 0 Å². The van der Waals surface area contributed by atoms with E-state index in [-0.39, 0.29) is 5.97 Å². The third kappa shape index (κ3) is 6.25. The summed E-state index contributed by atoms with van der Waals surface area (Å²) in [7, 11) is 1.37. The second kappa shape index (κ2) is 10.5. The molecule has 144 valence electrons. The Balaban J connectivity index is 1.79. The van der Waals surface area contributed by atoms with E-state index >= 15 is 0 Å². The first kappa shape index (κ1) is 20.7. The minimum absolute atomic E-state index is 0.356. The average Bonchev–Trinajstić information content (AvgIpc) is 2.68. The fraction of sp³-hybridized carbons (Fsp3) is 0.333. The number of anilines is 1. The number of methoxy groups -OCH3 is 1. The number of rotatable bonds is 8. The number of hydrogen-bond donors (Lipinski definition) is 2. The molecule has 27 heavy (non-hydrogen) atoms. The van der Waals surface area contributed by atoms with E-state index < -0.39 is 0 Å². The molecule has 2 aromatic rings. The van der Waals surface area contributed by atoms with Crippen molar-refractivity contribution < 1.29 is 14.3 Å². The lowest BCUT2D eigenvalue weighted by atomic mass is 10.1. The maximum Gasteiger partial charge on any atom is 0.338 e. The molecule has 2 rings (SSSR count). The van der Waals surface area contributed by atoms with E-state index in [9.17, 15) is 4.79 Å². The second-order valence-corrected chi connectivity index (χ2v) is 6.44. The van der Waals surface area contributed by atoms with Crippen LogP contribution in [-0.4, -0.2) is 31.3 Å². The van der Waals surface area contributed by atoms with Gasteiger partial charge in [0, 0.05) is 12.2 Å². The molecule has 0 bridgehead atoms. The molecule has 2 N–H and O–H groups in total. The van der Waals surface area contributed by atoms with Gasteiger partial charge < -0.3 is 20.1 Å². The molecule has 0 spiro atoms. The summed E-state index contributed by atoms with van der Waals surface area (Å²) in [5.41, 5.74) is 3.39. The van der Waals surface area contributed by atoms with Crippen LogP contribution in [0.4, 0.5) is 5.69 Å². The molecule has 0 atom stereocenters. The molecule has 0 saturated heterocycles. The van der Waals surface area contributed by atoms with Crippen LogP contribution in [0.2, 0.25) is 0 Å². The Bertz CT molecular complexity index is 775. The zero-order valence-electron chi connectivity index (χ0n) is 16.0. The molecule has 6 heteroatoms. The van der Waals surface area contributed by atoms with Crippen molar-refractivity contribution in [1.82, 2.24) is 5.32 Å². The fourth-order valence-electron chi connectivity index (χ4n) is 2.68. The highest BCUT2D eigenvalue weighted by Crippen LogP contribution is 2.19. The lowest BCUT2D eigenvalue weighted by Gasteiger charge is -2.14. The SMILES string of the molecule is CCOc1ccc(CCCNC(=S)Nc2cccc(C(=O)OC)c2C)cc1. The Morgan fingerprint density at radius 2 is 1.89 bits per heavy atom. The van der Waals surface area contributed by atoms with Gasteiger partial charge in [-0.1, -0.05) is 18.2 Å². The lowest BCUT2D eigenvalue weighted by molar-refractivity contribution is 0.0600. The van der Waals surface area contributed by atoms with Crippen LogP contribution in [0.15, 0.2) is 42.5 Å². The first-order chi connectivity index (χ1) is 13.0. The Morgan fingerprint density at radius 3 is 2.56 bits per heavy atom. The van der Waals surface area contributed by atoms with Gasteiger partial charge in [0.2, 0.25) is 0 Å². The van der Waals surface area contributed by atoms with E-state index in [0.29, 0.717) is 17.3 Å². The summed E-state index contributed by atoms with van der Waals surface area (Å²) in [6, 6.07) is 13.6. The van der Waals surface area contributed by atoms with Crippen molar-refractivity contribution in [2.45, 2.75) is 26.7 Å². The van der Waals surface area contributed by atoms with Gasteiger partial charge in [-0.25, -0.2) is 4.79 Å². The molecule has 0 aliphatic carbocycles. The molecule has 0 aliphatic rings. The average molecular weight is 387 g/mol. The zero-order chi connectivity index (χ0) is 19.6. The number of nitrogens with one attached hydrogen (secondary N) is 2. The van der Waals surface area contributed by atoms with Crippen LogP contribution in [0, 0.1) is 6.92 Å². The zero-order valence-corrected chi connectivity index (χ0v) is 16.8. The van der Waals surface area contributed by atoms with Crippen LogP contribution >= 0.6 is 12.2 Å². The normalized spacial score (nSPS) is 10.2. The van der Waals surface area contributed by atoms with Gasteiger partial charge in [0.15, 0.2) is 5.11 Å². The molecular formula is C21H26N2O3S. The van der Waals surface area contributed by atoms with Crippen LogP contribution in [0.3, 0.4) is 0 Å². The molecule has 0 aromatic heterocycles. The standard InChI is InChI=1S/C21H26N2O3S/c1-4-26-17-12-10-16(11-13-17)7-6-14-22-21(27)23-19-9-5-8-18(15(19)2)20(24)25-3/h5,8-13H,4,6-7,14H2,1-3H3,(H2,22,23,27). The summed E-state index contributed by atoms with van der Waals surface area (Å²) in [4.78, 5) is 11.8. The van der Waals surface area contributed by atoms with Gasteiger partial charge in [-0.05, 0) is 74.3 Å². The maximum absolute atomic E-state index is 11.8. The largest absolute Gasteiger partial charge is 0.494 e. The lowest BCUT2D eigenvalue weighted by Crippen LogP contribution is -2.30. The summed E-state index contributed by atoms with van der Waals surface area (Å²) in [6.07, 6.45) is 1.91. The van der Waals surface area contributed by atoms with Crippen LogP contribution in [0.5, 0.6) is 5.75 Å². The monoisotopic (exact) mass is 386 g/mol. The third-order valence-electron chi connectivity index (χ3n) is 4.15. The maximum atomic E-state index is 11.8. The van der Waals surface area contributed by atoms with Crippen molar-refractivity contribution in [3.63, 3.8) is 0 Å². The van der Waals surface area contributed by atoms with Gasteiger partial charge in [-0.2, -0.15) is 0 Å². The number of thiocarbonyl (C=S) groups is 1. The minimum Gasteiger partial charge on any atom is -0.494 e. The fourth-order valence-corrected chi connectivity index (χ4v) is 2.89. The van der Waals surface area contributed by atoms with Crippen molar-refractivity contribution in [3.8, 4) is 5.75 Å². The van der Waals surface area contributed by atoms with E-state index in [1.54, 1.807) is 12.1 Å². The van der Waals surface area contributed by atoms with Crippen molar-refractivity contribution in [2.75, 3.05) is 25.6 Å². The van der Waals surface area contributed by atoms with Gasteiger partial charge in [0.05, 0.1) is 19.3 Å². The van der Waals surface area contributed by atoms with Crippen LogP contribution in [-0.2, 0) is 11.2 Å². The minimum atomic E-state index is -0.356. The van der Waals surface area contributed by atoms with E-state index in [1.807, 2.05) is 32.0 Å². The predicted octanol–water partition coefficient (Wildman–Crippen LogP) is 4.10. The highest BCUT2D eigenvalue weighted by atomic mass is 32.1. The highest BCUT2D eigenvalue weighted by Gasteiger charge is 2.12. The van der Waals surface area contributed by atoms with Gasteiger partial charge >= 0.3 is 5.97 Å². The molecular weight excluding hydrogens is 360 g/mol. The number of esters is 1. The van der Waals surface area contributed by atoms with Crippen molar-refractivity contribution in [3.05, 3.63) is 59.2 Å². The van der Waals surface area contributed by atoms with Crippen molar-refractivity contribution >= 4 is 29.0 Å². The van der Waals surface area contributed by atoms with E-state index in [1.165, 1.54) is 12.7 Å². The summed E-state index contributed by atoms with van der Waals surface area (Å²) < 4.78 is 10.2. The molecule has 0 aliphatic heterocycles. The Kier molecular flexibility index (Phi) is 8.07. The van der Waals surface area contributed by atoms with Crippen molar-refractivity contribution in [1.29, 1.82) is 0 Å². The quantitative estimate of drug-likeness (QED) is 0.405. The topological polar surface area (TPSA) is 59.6 Å². The number of benzene rings is 2. The second-order valence-electron chi connectivity index (χ2n) is 6.03. The Morgan fingerprint density at radius 1 is 1.15 bits per heavy atom. The molecule has 0 unspecified atom stereocenters. The molecule has 0 heterocycles. The molecule has 0 saturated carbocycles. The first-order valence-corrected chi connectivity index (χ1v) is 9.40. The molecule has 0 radical (unpaired) electrons. The summed E-state index contributed by atoms with van der Waals surface area (Å²) in [5, 5.41) is 6.88. The summed E-state index contributed by atoms with van der Waals surface area (Å²) >= 11 is 5.35. The molecule has 2 aromatic carbocycles. The van der Waals surface area contributed by atoms with E-state index in [4.69, 9.17) is 21.7 Å². The number of hydrogen-bond acceptors (Lipinski definition) is 4. The number of aryl methyl sites for hydroxylation is 1. The highest BCUT2D eigenvalue weighted by molar-refractivity contribution is 7.80. The first-order valence-electron chi connectivity index (χ1n) is 8.99. The number of carbonyl (C=O) groups excluding carboxylic acids is 1. The van der Waals surface area contributed by atoms with Crippen molar-refractivity contribution in [2.24, 2.45) is 0 Å². The summed E-state index contributed by atoms with van der Waals surface area (Å²) in [5.74, 6) is 0.541. The predicted molar refractivity (Wildman–Crippen MR) is 113 cm³/mol.